The number of fused-ring (bicyclic) bond motifs is 1. The monoisotopic (exact) mass is 249 g/mol. The Labute approximate surface area is 104 Å². The minimum atomic E-state index is 0.742. The molecule has 17 heavy (non-hydrogen) atoms. The van der Waals surface area contributed by atoms with Crippen molar-refractivity contribution < 1.29 is 4.74 Å². The number of aromatic nitrogens is 2. The third-order valence-corrected chi connectivity index (χ3v) is 3.67. The van der Waals surface area contributed by atoms with Crippen molar-refractivity contribution in [3.63, 3.8) is 0 Å². The highest BCUT2D eigenvalue weighted by molar-refractivity contribution is 7.16. The highest BCUT2D eigenvalue weighted by atomic mass is 32.1. The van der Waals surface area contributed by atoms with Crippen molar-refractivity contribution in [3.8, 4) is 0 Å². The second-order valence-electron chi connectivity index (χ2n) is 4.31. The maximum absolute atomic E-state index is 5.57. The van der Waals surface area contributed by atoms with Gasteiger partial charge < -0.3 is 10.1 Å². The van der Waals surface area contributed by atoms with Crippen molar-refractivity contribution in [3.05, 3.63) is 17.8 Å². The summed E-state index contributed by atoms with van der Waals surface area (Å²) >= 11 is 1.64. The Kier molecular flexibility index (Phi) is 3.20. The topological polar surface area (TPSA) is 47.0 Å². The average Bonchev–Trinajstić information content (AvgIpc) is 3.04. The van der Waals surface area contributed by atoms with Gasteiger partial charge in [-0.05, 0) is 30.2 Å². The molecule has 2 aromatic heterocycles. The molecule has 0 spiro atoms. The molecule has 0 aromatic carbocycles. The van der Waals surface area contributed by atoms with Gasteiger partial charge in [0.1, 0.15) is 17.0 Å². The van der Waals surface area contributed by atoms with Gasteiger partial charge in [-0.25, -0.2) is 9.97 Å². The third kappa shape index (κ3) is 2.73. The molecule has 0 radical (unpaired) electrons. The van der Waals surface area contributed by atoms with Crippen LogP contribution in [0.4, 0.5) is 5.82 Å². The lowest BCUT2D eigenvalue weighted by Gasteiger charge is -2.06. The molecule has 0 bridgehead atoms. The van der Waals surface area contributed by atoms with Crippen LogP contribution in [0.5, 0.6) is 0 Å². The molecule has 3 rings (SSSR count). The second-order valence-corrected chi connectivity index (χ2v) is 5.20. The molecule has 2 heterocycles. The normalized spacial score (nSPS) is 15.3. The molecule has 0 atom stereocenters. The van der Waals surface area contributed by atoms with Gasteiger partial charge in [0.2, 0.25) is 0 Å². The van der Waals surface area contributed by atoms with E-state index in [0.29, 0.717) is 0 Å². The van der Waals surface area contributed by atoms with Gasteiger partial charge in [0.05, 0.1) is 12.0 Å². The minimum Gasteiger partial charge on any atom is -0.379 e. The van der Waals surface area contributed by atoms with E-state index < -0.39 is 0 Å². The number of thiophene rings is 1. The number of anilines is 1. The van der Waals surface area contributed by atoms with Gasteiger partial charge in [0.15, 0.2) is 0 Å². The Morgan fingerprint density at radius 2 is 2.35 bits per heavy atom. The number of hydrogen-bond acceptors (Lipinski definition) is 5. The van der Waals surface area contributed by atoms with Gasteiger partial charge >= 0.3 is 0 Å². The van der Waals surface area contributed by atoms with Crippen molar-refractivity contribution in [1.29, 1.82) is 0 Å². The van der Waals surface area contributed by atoms with Crippen molar-refractivity contribution in [2.75, 3.05) is 25.1 Å². The summed E-state index contributed by atoms with van der Waals surface area (Å²) in [4.78, 5) is 9.50. The lowest BCUT2D eigenvalue weighted by Crippen LogP contribution is -2.11. The molecule has 5 heteroatoms. The molecule has 0 unspecified atom stereocenters. The summed E-state index contributed by atoms with van der Waals surface area (Å²) in [7, 11) is 0. The second kappa shape index (κ2) is 4.98. The quantitative estimate of drug-likeness (QED) is 0.799. The minimum absolute atomic E-state index is 0.742. The van der Waals surface area contributed by atoms with E-state index in [4.69, 9.17) is 4.74 Å². The van der Waals surface area contributed by atoms with Crippen molar-refractivity contribution in [2.24, 2.45) is 5.92 Å². The van der Waals surface area contributed by atoms with Gasteiger partial charge in [-0.1, -0.05) is 0 Å². The SMILES string of the molecule is c1nc(NCCOCC2CC2)c2ccsc2n1. The van der Waals surface area contributed by atoms with Crippen molar-refractivity contribution in [1.82, 2.24) is 9.97 Å². The molecular weight excluding hydrogens is 234 g/mol. The maximum Gasteiger partial charge on any atom is 0.138 e. The van der Waals surface area contributed by atoms with Crippen LogP contribution in [-0.4, -0.2) is 29.7 Å². The average molecular weight is 249 g/mol. The highest BCUT2D eigenvalue weighted by Crippen LogP contribution is 2.28. The number of rotatable bonds is 6. The Morgan fingerprint density at radius 1 is 1.41 bits per heavy atom. The summed E-state index contributed by atoms with van der Waals surface area (Å²) < 4.78 is 5.57. The van der Waals surface area contributed by atoms with Crippen LogP contribution in [0, 0.1) is 5.92 Å². The van der Waals surface area contributed by atoms with Crippen molar-refractivity contribution >= 4 is 27.4 Å². The fraction of sp³-hybridized carbons (Fsp3) is 0.500. The van der Waals surface area contributed by atoms with E-state index in [-0.39, 0.29) is 0 Å². The lowest BCUT2D eigenvalue weighted by atomic mass is 10.4. The lowest BCUT2D eigenvalue weighted by molar-refractivity contribution is 0.134. The van der Waals surface area contributed by atoms with Crippen LogP contribution in [0.15, 0.2) is 17.8 Å². The predicted octanol–water partition coefficient (Wildman–Crippen LogP) is 2.53. The molecule has 0 saturated heterocycles. The number of hydrogen-bond donors (Lipinski definition) is 1. The van der Waals surface area contributed by atoms with E-state index >= 15 is 0 Å². The van der Waals surface area contributed by atoms with Crippen LogP contribution in [0.3, 0.4) is 0 Å². The van der Waals surface area contributed by atoms with E-state index in [2.05, 4.69) is 15.3 Å². The molecule has 1 fully saturated rings. The van der Waals surface area contributed by atoms with Crippen LogP contribution in [0.1, 0.15) is 12.8 Å². The molecule has 0 amide bonds. The number of nitrogens with zero attached hydrogens (tertiary/aromatic N) is 2. The molecule has 90 valence electrons. The van der Waals surface area contributed by atoms with E-state index in [1.165, 1.54) is 12.8 Å². The van der Waals surface area contributed by atoms with Gasteiger partial charge in [-0.3, -0.25) is 0 Å². The molecule has 0 aliphatic heterocycles. The molecule has 2 aromatic rings. The zero-order valence-corrected chi connectivity index (χ0v) is 10.4. The largest absolute Gasteiger partial charge is 0.379 e. The summed E-state index contributed by atoms with van der Waals surface area (Å²) in [5.74, 6) is 1.74. The summed E-state index contributed by atoms with van der Waals surface area (Å²) in [6.07, 6.45) is 4.29. The molecule has 1 N–H and O–H groups in total. The van der Waals surface area contributed by atoms with E-state index in [1.54, 1.807) is 17.7 Å². The first kappa shape index (κ1) is 10.9. The smallest absolute Gasteiger partial charge is 0.138 e. The fourth-order valence-corrected chi connectivity index (χ4v) is 2.44. The summed E-state index contributed by atoms with van der Waals surface area (Å²) in [6, 6.07) is 2.05. The predicted molar refractivity (Wildman–Crippen MR) is 69.4 cm³/mol. The first-order valence-electron chi connectivity index (χ1n) is 5.93. The van der Waals surface area contributed by atoms with Crippen molar-refractivity contribution in [2.45, 2.75) is 12.8 Å². The maximum atomic E-state index is 5.57. The summed E-state index contributed by atoms with van der Waals surface area (Å²) in [5.41, 5.74) is 0. The number of ether oxygens (including phenoxy) is 1. The molecule has 4 nitrogen and oxygen atoms in total. The highest BCUT2D eigenvalue weighted by Gasteiger charge is 2.20. The van der Waals surface area contributed by atoms with Gasteiger partial charge in [0, 0.05) is 13.2 Å². The molecule has 1 aliphatic carbocycles. The van der Waals surface area contributed by atoms with Crippen LogP contribution in [0.25, 0.3) is 10.2 Å². The molecule has 1 saturated carbocycles. The fourth-order valence-electron chi connectivity index (χ4n) is 1.71. The van der Waals surface area contributed by atoms with Gasteiger partial charge in [0.25, 0.3) is 0 Å². The van der Waals surface area contributed by atoms with Crippen LogP contribution >= 0.6 is 11.3 Å². The number of nitrogens with one attached hydrogen (secondary N) is 1. The summed E-state index contributed by atoms with van der Waals surface area (Å²) in [5, 5.41) is 6.43. The first-order chi connectivity index (χ1) is 8.43. The van der Waals surface area contributed by atoms with Gasteiger partial charge in [-0.15, -0.1) is 11.3 Å². The Balaban J connectivity index is 1.51. The van der Waals surface area contributed by atoms with E-state index in [0.717, 1.165) is 41.7 Å². The Hall–Kier alpha value is -1.20. The third-order valence-electron chi connectivity index (χ3n) is 2.85. The van der Waals surface area contributed by atoms with Crippen LogP contribution < -0.4 is 5.32 Å². The zero-order chi connectivity index (χ0) is 11.5. The Bertz CT molecular complexity index is 495. The summed E-state index contributed by atoms with van der Waals surface area (Å²) in [6.45, 7) is 2.46. The van der Waals surface area contributed by atoms with Crippen LogP contribution in [-0.2, 0) is 4.74 Å². The Morgan fingerprint density at radius 3 is 3.24 bits per heavy atom. The van der Waals surface area contributed by atoms with E-state index in [9.17, 15) is 0 Å². The van der Waals surface area contributed by atoms with Crippen LogP contribution in [0.2, 0.25) is 0 Å². The first-order valence-corrected chi connectivity index (χ1v) is 6.81. The molecular formula is C12H15N3OS. The standard InChI is InChI=1S/C12H15N3OS/c1-2-9(1)7-16-5-4-13-11-10-3-6-17-12(10)15-8-14-11/h3,6,8-9H,1-2,4-5,7H2,(H,13,14,15). The van der Waals surface area contributed by atoms with E-state index in [1.807, 2.05) is 11.4 Å². The molecule has 1 aliphatic rings. The van der Waals surface area contributed by atoms with Gasteiger partial charge in [-0.2, -0.15) is 0 Å². The zero-order valence-electron chi connectivity index (χ0n) is 9.56.